The van der Waals surface area contributed by atoms with Gasteiger partial charge in [0.2, 0.25) is 10.8 Å². The highest BCUT2D eigenvalue weighted by molar-refractivity contribution is 7.17. The molecule has 0 saturated carbocycles. The minimum atomic E-state index is -0.288. The third kappa shape index (κ3) is 3.71. The van der Waals surface area contributed by atoms with E-state index in [0.29, 0.717) is 17.3 Å². The third-order valence-corrected chi connectivity index (χ3v) is 6.07. The van der Waals surface area contributed by atoms with Crippen molar-refractivity contribution in [2.45, 2.75) is 19.5 Å². The largest absolute Gasteiger partial charge is 0.497 e. The number of ether oxygens (including phenoxy) is 2. The maximum absolute atomic E-state index is 11.0. The van der Waals surface area contributed by atoms with Crippen LogP contribution in [0.2, 0.25) is 0 Å². The van der Waals surface area contributed by atoms with Gasteiger partial charge in [-0.2, -0.15) is 4.52 Å². The van der Waals surface area contributed by atoms with Gasteiger partial charge < -0.3 is 14.6 Å². The lowest BCUT2D eigenvalue weighted by Crippen LogP contribution is -2.25. The standard InChI is InChI=1S/C22H24N4O3S/c1-14-23-22-26(24-14)21(27)20(30-22)19(25(2)13-15-8-6-5-7-9-15)17-12-16(28-3)10-11-18(17)29-4/h5-12,19,27H,13H2,1-4H3. The summed E-state index contributed by atoms with van der Waals surface area (Å²) in [5, 5.41) is 15.3. The first-order valence-electron chi connectivity index (χ1n) is 9.53. The number of aryl methyl sites for hydroxylation is 1. The Kier molecular flexibility index (Phi) is 5.61. The Balaban J connectivity index is 1.86. The van der Waals surface area contributed by atoms with Crippen LogP contribution in [0.5, 0.6) is 17.4 Å². The van der Waals surface area contributed by atoms with Gasteiger partial charge >= 0.3 is 0 Å². The van der Waals surface area contributed by atoms with Crippen molar-refractivity contribution in [3.8, 4) is 17.4 Å². The molecule has 0 spiro atoms. The van der Waals surface area contributed by atoms with Gasteiger partial charge in [0.05, 0.1) is 25.1 Å². The van der Waals surface area contributed by atoms with E-state index >= 15 is 0 Å². The molecule has 1 N–H and O–H groups in total. The molecule has 0 saturated heterocycles. The zero-order valence-electron chi connectivity index (χ0n) is 17.4. The Bertz CT molecular complexity index is 1160. The molecule has 4 rings (SSSR count). The predicted octanol–water partition coefficient (Wildman–Crippen LogP) is 4.04. The fraction of sp³-hybridized carbons (Fsp3) is 0.273. The number of rotatable bonds is 7. The van der Waals surface area contributed by atoms with Crippen LogP contribution in [0.1, 0.15) is 27.9 Å². The van der Waals surface area contributed by atoms with Crippen LogP contribution < -0.4 is 9.47 Å². The van der Waals surface area contributed by atoms with Crippen LogP contribution in [0.25, 0.3) is 4.96 Å². The molecule has 0 bridgehead atoms. The second-order valence-electron chi connectivity index (χ2n) is 7.05. The molecule has 2 heterocycles. The van der Waals surface area contributed by atoms with Crippen LogP contribution in [0, 0.1) is 6.92 Å². The Morgan fingerprint density at radius 3 is 2.57 bits per heavy atom. The molecule has 2 aromatic carbocycles. The maximum atomic E-state index is 11.0. The average Bonchev–Trinajstić information content (AvgIpc) is 3.26. The topological polar surface area (TPSA) is 72.1 Å². The second-order valence-corrected chi connectivity index (χ2v) is 8.06. The fourth-order valence-corrected chi connectivity index (χ4v) is 4.81. The quantitative estimate of drug-likeness (QED) is 0.483. The Morgan fingerprint density at radius 1 is 1.13 bits per heavy atom. The molecule has 0 radical (unpaired) electrons. The van der Waals surface area contributed by atoms with E-state index in [4.69, 9.17) is 9.47 Å². The van der Waals surface area contributed by atoms with Crippen LogP contribution in [-0.4, -0.2) is 45.9 Å². The van der Waals surface area contributed by atoms with Crippen LogP contribution in [0.15, 0.2) is 48.5 Å². The van der Waals surface area contributed by atoms with Gasteiger partial charge in [-0.25, -0.2) is 4.98 Å². The van der Waals surface area contributed by atoms with E-state index in [0.717, 1.165) is 21.9 Å². The summed E-state index contributed by atoms with van der Waals surface area (Å²) < 4.78 is 12.6. The number of fused-ring (bicyclic) bond motifs is 1. The van der Waals surface area contributed by atoms with E-state index in [-0.39, 0.29) is 11.9 Å². The lowest BCUT2D eigenvalue weighted by atomic mass is 10.0. The van der Waals surface area contributed by atoms with E-state index < -0.39 is 0 Å². The van der Waals surface area contributed by atoms with Gasteiger partial charge in [-0.1, -0.05) is 41.7 Å². The predicted molar refractivity (Wildman–Crippen MR) is 117 cm³/mol. The monoisotopic (exact) mass is 424 g/mol. The number of methoxy groups -OCH3 is 2. The van der Waals surface area contributed by atoms with Crippen molar-refractivity contribution in [1.82, 2.24) is 19.5 Å². The smallest absolute Gasteiger partial charge is 0.230 e. The summed E-state index contributed by atoms with van der Waals surface area (Å²) in [4.78, 5) is 8.00. The molecule has 0 fully saturated rings. The molecular formula is C22H24N4O3S. The maximum Gasteiger partial charge on any atom is 0.230 e. The van der Waals surface area contributed by atoms with Crippen molar-refractivity contribution >= 4 is 16.3 Å². The molecule has 156 valence electrons. The number of hydrogen-bond acceptors (Lipinski definition) is 7. The summed E-state index contributed by atoms with van der Waals surface area (Å²) in [7, 11) is 5.31. The van der Waals surface area contributed by atoms with E-state index in [1.165, 1.54) is 21.4 Å². The minimum Gasteiger partial charge on any atom is -0.497 e. The van der Waals surface area contributed by atoms with Crippen molar-refractivity contribution in [2.75, 3.05) is 21.3 Å². The first-order valence-corrected chi connectivity index (χ1v) is 10.3. The second kappa shape index (κ2) is 8.33. The number of thiazole rings is 1. The molecule has 1 atom stereocenters. The molecule has 0 aliphatic rings. The SMILES string of the molecule is COc1ccc(OC)c(C(c2sc3nc(C)nn3c2O)N(C)Cc2ccccc2)c1. The summed E-state index contributed by atoms with van der Waals surface area (Å²) in [6.45, 7) is 2.49. The van der Waals surface area contributed by atoms with E-state index in [9.17, 15) is 5.11 Å². The van der Waals surface area contributed by atoms with E-state index in [1.807, 2.05) is 50.4 Å². The molecule has 4 aromatic rings. The number of aromatic nitrogens is 3. The Labute approximate surface area is 179 Å². The highest BCUT2D eigenvalue weighted by Crippen LogP contribution is 2.43. The van der Waals surface area contributed by atoms with Gasteiger partial charge in [0.1, 0.15) is 17.3 Å². The zero-order valence-corrected chi connectivity index (χ0v) is 18.2. The lowest BCUT2D eigenvalue weighted by molar-refractivity contribution is 0.260. The summed E-state index contributed by atoms with van der Waals surface area (Å²) in [5.41, 5.74) is 2.06. The lowest BCUT2D eigenvalue weighted by Gasteiger charge is -2.29. The molecule has 0 amide bonds. The first-order chi connectivity index (χ1) is 14.5. The van der Waals surface area contributed by atoms with Gasteiger partial charge in [-0.15, -0.1) is 5.10 Å². The average molecular weight is 425 g/mol. The van der Waals surface area contributed by atoms with Crippen LogP contribution in [0.3, 0.4) is 0 Å². The molecule has 2 aromatic heterocycles. The highest BCUT2D eigenvalue weighted by Gasteiger charge is 2.30. The molecule has 7 nitrogen and oxygen atoms in total. The molecule has 8 heteroatoms. The van der Waals surface area contributed by atoms with Crippen molar-refractivity contribution in [1.29, 1.82) is 0 Å². The summed E-state index contributed by atoms with van der Waals surface area (Å²) in [6.07, 6.45) is 0. The summed E-state index contributed by atoms with van der Waals surface area (Å²) in [5.74, 6) is 2.15. The fourth-order valence-electron chi connectivity index (χ4n) is 3.62. The van der Waals surface area contributed by atoms with Gasteiger partial charge in [0.25, 0.3) is 0 Å². The van der Waals surface area contributed by atoms with E-state index in [2.05, 4.69) is 27.1 Å². The number of nitrogens with zero attached hydrogens (tertiary/aromatic N) is 4. The number of aromatic hydroxyl groups is 1. The number of benzene rings is 2. The van der Waals surface area contributed by atoms with Crippen LogP contribution in [0.4, 0.5) is 0 Å². The zero-order chi connectivity index (χ0) is 21.3. The van der Waals surface area contributed by atoms with Crippen molar-refractivity contribution in [3.05, 3.63) is 70.4 Å². The van der Waals surface area contributed by atoms with Crippen molar-refractivity contribution < 1.29 is 14.6 Å². The van der Waals surface area contributed by atoms with Crippen LogP contribution in [-0.2, 0) is 6.54 Å². The van der Waals surface area contributed by atoms with Crippen molar-refractivity contribution in [2.24, 2.45) is 0 Å². The van der Waals surface area contributed by atoms with Gasteiger partial charge in [0.15, 0.2) is 0 Å². The normalized spacial score (nSPS) is 12.4. The Hall–Kier alpha value is -3.10. The summed E-state index contributed by atoms with van der Waals surface area (Å²) >= 11 is 1.42. The number of hydrogen-bond donors (Lipinski definition) is 1. The molecule has 0 aliphatic heterocycles. The van der Waals surface area contributed by atoms with E-state index in [1.54, 1.807) is 14.2 Å². The molecule has 1 unspecified atom stereocenters. The third-order valence-electron chi connectivity index (χ3n) is 5.00. The van der Waals surface area contributed by atoms with Crippen molar-refractivity contribution in [3.63, 3.8) is 0 Å². The van der Waals surface area contributed by atoms with Gasteiger partial charge in [0, 0.05) is 12.1 Å². The first kappa shape index (κ1) is 20.2. The Morgan fingerprint density at radius 2 is 1.90 bits per heavy atom. The van der Waals surface area contributed by atoms with Crippen LogP contribution >= 0.6 is 11.3 Å². The molecule has 0 aliphatic carbocycles. The molecule has 30 heavy (non-hydrogen) atoms. The molecular weight excluding hydrogens is 400 g/mol. The highest BCUT2D eigenvalue weighted by atomic mass is 32.1. The van der Waals surface area contributed by atoms with Gasteiger partial charge in [-0.3, -0.25) is 4.90 Å². The minimum absolute atomic E-state index is 0.0883. The van der Waals surface area contributed by atoms with Gasteiger partial charge in [-0.05, 0) is 37.7 Å². The summed E-state index contributed by atoms with van der Waals surface area (Å²) in [6, 6.07) is 15.6.